The Balaban J connectivity index is 2.62. The molecule has 0 radical (unpaired) electrons. The van der Waals surface area contributed by atoms with E-state index in [0.717, 1.165) is 6.42 Å². The number of carbonyl (C=O) groups is 1. The molecule has 1 aliphatic rings. The van der Waals surface area contributed by atoms with Crippen LogP contribution in [-0.2, 0) is 9.53 Å². The van der Waals surface area contributed by atoms with E-state index in [1.165, 1.54) is 0 Å². The lowest BCUT2D eigenvalue weighted by molar-refractivity contribution is -0.763. The van der Waals surface area contributed by atoms with Crippen LogP contribution in [0, 0.1) is 5.92 Å². The van der Waals surface area contributed by atoms with Gasteiger partial charge in [0.25, 0.3) is 0 Å². The molecule has 1 fully saturated rings. The van der Waals surface area contributed by atoms with E-state index in [0.29, 0.717) is 25.4 Å². The summed E-state index contributed by atoms with van der Waals surface area (Å²) in [5, 5.41) is 21.0. The molecule has 0 aromatic rings. The van der Waals surface area contributed by atoms with Crippen molar-refractivity contribution in [2.24, 2.45) is 5.92 Å². The molecule has 5 heteroatoms. The molecule has 1 saturated heterocycles. The predicted octanol–water partition coefficient (Wildman–Crippen LogP) is -0.0634. The molecule has 1 heterocycles. The molecule has 0 bridgehead atoms. The van der Waals surface area contributed by atoms with Gasteiger partial charge in [-0.25, -0.2) is 4.79 Å². The van der Waals surface area contributed by atoms with Gasteiger partial charge in [-0.2, -0.15) is 0 Å². The highest BCUT2D eigenvalue weighted by molar-refractivity contribution is 5.71. The van der Waals surface area contributed by atoms with Gasteiger partial charge in [-0.05, 0) is 25.7 Å². The number of aliphatic hydroxyl groups is 1. The fourth-order valence-corrected chi connectivity index (χ4v) is 2.21. The molecule has 0 aromatic carbocycles. The number of carboxylic acids is 1. The second-order valence-electron chi connectivity index (χ2n) is 5.52. The van der Waals surface area contributed by atoms with E-state index < -0.39 is 23.8 Å². The number of hydrogen-bond acceptors (Lipinski definition) is 3. The number of nitrogens with two attached hydrogens (primary N) is 1. The minimum atomic E-state index is -0.942. The van der Waals surface area contributed by atoms with E-state index in [-0.39, 0.29) is 0 Å². The SMILES string of the molecule is CC(C)CC([NH2+]C1OCCCC1(C)O)C(=O)O. The summed E-state index contributed by atoms with van der Waals surface area (Å²) in [4.78, 5) is 11.2. The number of aliphatic carboxylic acids is 1. The minimum absolute atomic E-state index is 0.306. The summed E-state index contributed by atoms with van der Waals surface area (Å²) in [5.74, 6) is -0.537. The Morgan fingerprint density at radius 2 is 2.24 bits per heavy atom. The molecule has 3 atom stereocenters. The molecule has 0 aliphatic carbocycles. The van der Waals surface area contributed by atoms with E-state index in [4.69, 9.17) is 9.84 Å². The Hall–Kier alpha value is -0.650. The van der Waals surface area contributed by atoms with Crippen molar-refractivity contribution in [2.45, 2.75) is 57.9 Å². The molecule has 0 saturated carbocycles. The van der Waals surface area contributed by atoms with Gasteiger partial charge in [0.15, 0.2) is 6.04 Å². The number of ether oxygens (including phenoxy) is 1. The largest absolute Gasteiger partial charge is 0.477 e. The lowest BCUT2D eigenvalue weighted by atomic mass is 9.94. The molecule has 100 valence electrons. The third kappa shape index (κ3) is 4.26. The Labute approximate surface area is 102 Å². The molecule has 4 N–H and O–H groups in total. The molecule has 1 rings (SSSR count). The first-order valence-corrected chi connectivity index (χ1v) is 6.24. The van der Waals surface area contributed by atoms with Crippen LogP contribution in [0.1, 0.15) is 40.0 Å². The Morgan fingerprint density at radius 3 is 2.71 bits per heavy atom. The average Bonchev–Trinajstić information content (AvgIpc) is 2.18. The second kappa shape index (κ2) is 5.80. The zero-order chi connectivity index (χ0) is 13.1. The first-order chi connectivity index (χ1) is 7.83. The quantitative estimate of drug-likeness (QED) is 0.634. The van der Waals surface area contributed by atoms with Crippen LogP contribution in [0.25, 0.3) is 0 Å². The molecular formula is C12H24NO4+. The highest BCUT2D eigenvalue weighted by Gasteiger charge is 2.41. The highest BCUT2D eigenvalue weighted by Crippen LogP contribution is 2.21. The monoisotopic (exact) mass is 246 g/mol. The van der Waals surface area contributed by atoms with Crippen LogP contribution in [0.3, 0.4) is 0 Å². The maximum Gasteiger partial charge on any atom is 0.362 e. The van der Waals surface area contributed by atoms with E-state index >= 15 is 0 Å². The first kappa shape index (κ1) is 14.4. The van der Waals surface area contributed by atoms with E-state index in [1.54, 1.807) is 12.2 Å². The van der Waals surface area contributed by atoms with E-state index in [1.807, 2.05) is 13.8 Å². The van der Waals surface area contributed by atoms with Crippen molar-refractivity contribution in [3.63, 3.8) is 0 Å². The Kier molecular flexibility index (Phi) is 4.91. The zero-order valence-electron chi connectivity index (χ0n) is 10.8. The topological polar surface area (TPSA) is 83.4 Å². The van der Waals surface area contributed by atoms with E-state index in [9.17, 15) is 9.90 Å². The second-order valence-corrected chi connectivity index (χ2v) is 5.52. The van der Waals surface area contributed by atoms with Gasteiger partial charge in [-0.15, -0.1) is 0 Å². The lowest BCUT2D eigenvalue weighted by Crippen LogP contribution is -3.01. The smallest absolute Gasteiger partial charge is 0.362 e. The van der Waals surface area contributed by atoms with Gasteiger partial charge in [0.05, 0.1) is 6.61 Å². The number of quaternary nitrogens is 1. The van der Waals surface area contributed by atoms with Gasteiger partial charge < -0.3 is 20.3 Å². The van der Waals surface area contributed by atoms with Gasteiger partial charge in [0.2, 0.25) is 6.23 Å². The van der Waals surface area contributed by atoms with Crippen molar-refractivity contribution < 1.29 is 25.1 Å². The van der Waals surface area contributed by atoms with Crippen LogP contribution in [0.15, 0.2) is 0 Å². The first-order valence-electron chi connectivity index (χ1n) is 6.24. The number of carboxylic acid groups (broad SMARTS) is 1. The normalized spacial score (nSPS) is 31.5. The van der Waals surface area contributed by atoms with Gasteiger partial charge >= 0.3 is 5.97 Å². The summed E-state index contributed by atoms with van der Waals surface area (Å²) in [7, 11) is 0. The van der Waals surface area contributed by atoms with Crippen LogP contribution in [0.5, 0.6) is 0 Å². The fourth-order valence-electron chi connectivity index (χ4n) is 2.21. The zero-order valence-corrected chi connectivity index (χ0v) is 10.8. The molecule has 0 spiro atoms. The summed E-state index contributed by atoms with van der Waals surface area (Å²) in [6, 6.07) is -0.551. The molecule has 17 heavy (non-hydrogen) atoms. The molecule has 1 aliphatic heterocycles. The molecule has 5 nitrogen and oxygen atoms in total. The highest BCUT2D eigenvalue weighted by atomic mass is 16.5. The maximum atomic E-state index is 11.2. The van der Waals surface area contributed by atoms with E-state index in [2.05, 4.69) is 0 Å². The maximum absolute atomic E-state index is 11.2. The fraction of sp³-hybridized carbons (Fsp3) is 0.917. The van der Waals surface area contributed by atoms with Crippen molar-refractivity contribution in [3.05, 3.63) is 0 Å². The van der Waals surface area contributed by atoms with Crippen LogP contribution in [0.2, 0.25) is 0 Å². The predicted molar refractivity (Wildman–Crippen MR) is 62.4 cm³/mol. The minimum Gasteiger partial charge on any atom is -0.477 e. The van der Waals surface area contributed by atoms with Gasteiger partial charge in [0.1, 0.15) is 5.60 Å². The molecule has 0 aromatic heterocycles. The molecule has 0 amide bonds. The lowest BCUT2D eigenvalue weighted by Gasteiger charge is -2.35. The van der Waals surface area contributed by atoms with Gasteiger partial charge in [-0.1, -0.05) is 13.8 Å². The standard InChI is InChI=1S/C12H23NO4/c1-8(2)7-9(10(14)15)13-11-12(3,16)5-4-6-17-11/h8-9,11,13,16H,4-7H2,1-3H3,(H,14,15)/p+1. The van der Waals surface area contributed by atoms with Crippen LogP contribution >= 0.6 is 0 Å². The molecule has 3 unspecified atom stereocenters. The third-order valence-electron chi connectivity index (χ3n) is 3.19. The van der Waals surface area contributed by atoms with Crippen molar-refractivity contribution in [3.8, 4) is 0 Å². The Morgan fingerprint density at radius 1 is 1.59 bits per heavy atom. The van der Waals surface area contributed by atoms with Gasteiger partial charge in [-0.3, -0.25) is 0 Å². The van der Waals surface area contributed by atoms with Crippen molar-refractivity contribution in [2.75, 3.05) is 6.61 Å². The summed E-state index contributed by atoms with van der Waals surface area (Å²) >= 11 is 0. The van der Waals surface area contributed by atoms with Gasteiger partial charge in [0, 0.05) is 6.42 Å². The summed E-state index contributed by atoms with van der Waals surface area (Å²) in [5.41, 5.74) is -0.942. The third-order valence-corrected chi connectivity index (χ3v) is 3.19. The Bertz CT molecular complexity index is 265. The summed E-state index contributed by atoms with van der Waals surface area (Å²) < 4.78 is 5.49. The average molecular weight is 246 g/mol. The number of rotatable bonds is 5. The molecular weight excluding hydrogens is 222 g/mol. The van der Waals surface area contributed by atoms with Crippen molar-refractivity contribution in [1.29, 1.82) is 0 Å². The van der Waals surface area contributed by atoms with Crippen molar-refractivity contribution in [1.82, 2.24) is 0 Å². The van der Waals surface area contributed by atoms with Crippen molar-refractivity contribution >= 4 is 5.97 Å². The van der Waals surface area contributed by atoms with Crippen LogP contribution in [-0.4, -0.2) is 40.7 Å². The summed E-state index contributed by atoms with van der Waals surface area (Å²) in [6.45, 7) is 6.28. The van der Waals surface area contributed by atoms with Crippen LogP contribution in [0.4, 0.5) is 0 Å². The van der Waals surface area contributed by atoms with Crippen LogP contribution < -0.4 is 5.32 Å². The summed E-state index contributed by atoms with van der Waals surface area (Å²) in [6.07, 6.45) is 1.57. The number of hydrogen-bond donors (Lipinski definition) is 3.